The molecule has 1 aromatic heterocycles. The van der Waals surface area contributed by atoms with E-state index in [0.717, 1.165) is 11.3 Å². The van der Waals surface area contributed by atoms with Gasteiger partial charge in [0.2, 0.25) is 0 Å². The van der Waals surface area contributed by atoms with Gasteiger partial charge in [0.1, 0.15) is 0 Å². The van der Waals surface area contributed by atoms with E-state index >= 15 is 0 Å². The van der Waals surface area contributed by atoms with E-state index in [9.17, 15) is 4.79 Å². The predicted octanol–water partition coefficient (Wildman–Crippen LogP) is 2.57. The summed E-state index contributed by atoms with van der Waals surface area (Å²) in [6.07, 6.45) is 1.59. The van der Waals surface area contributed by atoms with Gasteiger partial charge >= 0.3 is 5.97 Å². The number of rotatable bonds is 2. The molecule has 4 nitrogen and oxygen atoms in total. The fourth-order valence-corrected chi connectivity index (χ4v) is 2.12. The Balaban J connectivity index is 2.64. The highest BCUT2D eigenvalue weighted by Gasteiger charge is 2.16. The molecule has 2 rings (SSSR count). The average molecular weight is 240 g/mol. The SMILES string of the molecule is Cc1c(C(=O)O)cn(C)c1-c1cccc(C#N)c1. The summed E-state index contributed by atoms with van der Waals surface area (Å²) in [6.45, 7) is 1.78. The lowest BCUT2D eigenvalue weighted by Gasteiger charge is -2.05. The van der Waals surface area contributed by atoms with Crippen molar-refractivity contribution >= 4 is 5.97 Å². The minimum atomic E-state index is -0.939. The van der Waals surface area contributed by atoms with E-state index < -0.39 is 5.97 Å². The summed E-state index contributed by atoms with van der Waals surface area (Å²) in [5, 5.41) is 18.0. The quantitative estimate of drug-likeness (QED) is 0.877. The summed E-state index contributed by atoms with van der Waals surface area (Å²) in [7, 11) is 1.80. The van der Waals surface area contributed by atoms with E-state index in [1.54, 1.807) is 42.9 Å². The fraction of sp³-hybridized carbons (Fsp3) is 0.143. The molecule has 90 valence electrons. The van der Waals surface area contributed by atoms with Crippen molar-refractivity contribution in [3.8, 4) is 17.3 Å². The van der Waals surface area contributed by atoms with Crippen LogP contribution in [-0.2, 0) is 7.05 Å². The van der Waals surface area contributed by atoms with Crippen molar-refractivity contribution in [3.05, 3.63) is 47.2 Å². The molecule has 1 heterocycles. The minimum Gasteiger partial charge on any atom is -0.478 e. The summed E-state index contributed by atoms with van der Waals surface area (Å²) in [5.74, 6) is -0.939. The number of nitriles is 1. The molecule has 0 fully saturated rings. The van der Waals surface area contributed by atoms with Crippen LogP contribution in [0.3, 0.4) is 0 Å². The summed E-state index contributed by atoms with van der Waals surface area (Å²) in [6, 6.07) is 9.22. The van der Waals surface area contributed by atoms with Gasteiger partial charge in [-0.15, -0.1) is 0 Å². The number of carbonyl (C=O) groups is 1. The number of carboxylic acid groups (broad SMARTS) is 1. The van der Waals surface area contributed by atoms with Crippen molar-refractivity contribution in [1.29, 1.82) is 5.26 Å². The van der Waals surface area contributed by atoms with Gasteiger partial charge in [-0.05, 0) is 30.2 Å². The Bertz CT molecular complexity index is 663. The van der Waals surface area contributed by atoms with Crippen LogP contribution in [0.2, 0.25) is 0 Å². The Morgan fingerprint density at radius 2 is 2.17 bits per heavy atom. The molecule has 1 N–H and O–H groups in total. The molecule has 18 heavy (non-hydrogen) atoms. The maximum Gasteiger partial charge on any atom is 0.337 e. The minimum absolute atomic E-state index is 0.287. The third-order valence-corrected chi connectivity index (χ3v) is 2.93. The molecular formula is C14H12N2O2. The molecule has 0 spiro atoms. The van der Waals surface area contributed by atoms with Crippen molar-refractivity contribution in [3.63, 3.8) is 0 Å². The number of carboxylic acids is 1. The van der Waals surface area contributed by atoms with Crippen LogP contribution in [0.4, 0.5) is 0 Å². The Labute approximate surface area is 105 Å². The van der Waals surface area contributed by atoms with Crippen LogP contribution in [0.5, 0.6) is 0 Å². The second-order valence-corrected chi connectivity index (χ2v) is 4.13. The van der Waals surface area contributed by atoms with Crippen LogP contribution in [0, 0.1) is 18.3 Å². The zero-order chi connectivity index (χ0) is 13.3. The summed E-state index contributed by atoms with van der Waals surface area (Å²) in [5.41, 5.74) is 3.23. The molecule has 0 aliphatic rings. The maximum absolute atomic E-state index is 11.1. The second kappa shape index (κ2) is 4.38. The summed E-state index contributed by atoms with van der Waals surface area (Å²) in [4.78, 5) is 11.1. The van der Waals surface area contributed by atoms with Crippen LogP contribution < -0.4 is 0 Å². The van der Waals surface area contributed by atoms with Crippen LogP contribution in [0.1, 0.15) is 21.5 Å². The number of aryl methyl sites for hydroxylation is 1. The zero-order valence-electron chi connectivity index (χ0n) is 10.1. The number of aromatic nitrogens is 1. The molecule has 0 atom stereocenters. The zero-order valence-corrected chi connectivity index (χ0v) is 10.1. The van der Waals surface area contributed by atoms with E-state index in [1.807, 2.05) is 6.07 Å². The number of hydrogen-bond donors (Lipinski definition) is 1. The molecule has 0 saturated carbocycles. The standard InChI is InChI=1S/C14H12N2O2/c1-9-12(14(17)18)8-16(2)13(9)11-5-3-4-10(6-11)7-15/h3-6,8H,1-2H3,(H,17,18). The fourth-order valence-electron chi connectivity index (χ4n) is 2.12. The Hall–Kier alpha value is -2.54. The molecule has 4 heteroatoms. The monoisotopic (exact) mass is 240 g/mol. The van der Waals surface area contributed by atoms with Gasteiger partial charge in [-0.2, -0.15) is 5.26 Å². The highest BCUT2D eigenvalue weighted by molar-refractivity contribution is 5.92. The number of nitrogens with zero attached hydrogens (tertiary/aromatic N) is 2. The van der Waals surface area contributed by atoms with E-state index in [0.29, 0.717) is 11.1 Å². The van der Waals surface area contributed by atoms with Crippen LogP contribution in [-0.4, -0.2) is 15.6 Å². The molecule has 2 aromatic rings. The first-order chi connectivity index (χ1) is 8.54. The topological polar surface area (TPSA) is 66.0 Å². The van der Waals surface area contributed by atoms with Gasteiger partial charge in [-0.3, -0.25) is 0 Å². The van der Waals surface area contributed by atoms with Crippen molar-refractivity contribution in [2.45, 2.75) is 6.92 Å². The highest BCUT2D eigenvalue weighted by atomic mass is 16.4. The molecular weight excluding hydrogens is 228 g/mol. The van der Waals surface area contributed by atoms with Crippen molar-refractivity contribution < 1.29 is 9.90 Å². The first-order valence-electron chi connectivity index (χ1n) is 5.44. The molecule has 0 aliphatic carbocycles. The van der Waals surface area contributed by atoms with Gasteiger partial charge in [-0.25, -0.2) is 4.79 Å². The van der Waals surface area contributed by atoms with E-state index in [-0.39, 0.29) is 5.56 Å². The number of aromatic carboxylic acids is 1. The Morgan fingerprint density at radius 1 is 1.44 bits per heavy atom. The van der Waals surface area contributed by atoms with Crippen LogP contribution >= 0.6 is 0 Å². The molecule has 0 amide bonds. The lowest BCUT2D eigenvalue weighted by molar-refractivity contribution is 0.0696. The molecule has 0 saturated heterocycles. The smallest absolute Gasteiger partial charge is 0.337 e. The number of hydrogen-bond acceptors (Lipinski definition) is 2. The lowest BCUT2D eigenvalue weighted by atomic mass is 10.0. The van der Waals surface area contributed by atoms with Gasteiger partial charge in [0, 0.05) is 13.2 Å². The molecule has 0 unspecified atom stereocenters. The van der Waals surface area contributed by atoms with Gasteiger partial charge < -0.3 is 9.67 Å². The third-order valence-electron chi connectivity index (χ3n) is 2.93. The first-order valence-corrected chi connectivity index (χ1v) is 5.44. The van der Waals surface area contributed by atoms with Crippen molar-refractivity contribution in [1.82, 2.24) is 4.57 Å². The predicted molar refractivity (Wildman–Crippen MR) is 67.3 cm³/mol. The van der Waals surface area contributed by atoms with Crippen LogP contribution in [0.25, 0.3) is 11.3 Å². The number of benzene rings is 1. The highest BCUT2D eigenvalue weighted by Crippen LogP contribution is 2.27. The third kappa shape index (κ3) is 1.87. The normalized spacial score (nSPS) is 10.1. The van der Waals surface area contributed by atoms with Gasteiger partial charge in [0.25, 0.3) is 0 Å². The van der Waals surface area contributed by atoms with Crippen molar-refractivity contribution in [2.24, 2.45) is 7.05 Å². The average Bonchev–Trinajstić information content (AvgIpc) is 2.65. The van der Waals surface area contributed by atoms with E-state index in [1.165, 1.54) is 0 Å². The second-order valence-electron chi connectivity index (χ2n) is 4.13. The van der Waals surface area contributed by atoms with Crippen LogP contribution in [0.15, 0.2) is 30.5 Å². The van der Waals surface area contributed by atoms with E-state index in [4.69, 9.17) is 10.4 Å². The van der Waals surface area contributed by atoms with Gasteiger partial charge in [0.05, 0.1) is 22.9 Å². The Kier molecular flexibility index (Phi) is 2.90. The molecule has 0 radical (unpaired) electrons. The van der Waals surface area contributed by atoms with Gasteiger partial charge in [-0.1, -0.05) is 12.1 Å². The maximum atomic E-state index is 11.1. The summed E-state index contributed by atoms with van der Waals surface area (Å²) >= 11 is 0. The van der Waals surface area contributed by atoms with Gasteiger partial charge in [0.15, 0.2) is 0 Å². The van der Waals surface area contributed by atoms with Crippen molar-refractivity contribution in [2.75, 3.05) is 0 Å². The lowest BCUT2D eigenvalue weighted by Crippen LogP contribution is -1.95. The molecule has 1 aromatic carbocycles. The molecule has 0 aliphatic heterocycles. The summed E-state index contributed by atoms with van der Waals surface area (Å²) < 4.78 is 1.77. The largest absolute Gasteiger partial charge is 0.478 e. The Morgan fingerprint density at radius 3 is 2.72 bits per heavy atom. The van der Waals surface area contributed by atoms with E-state index in [2.05, 4.69) is 6.07 Å². The first kappa shape index (κ1) is 11.9. The molecule has 0 bridgehead atoms.